The number of hydrogen-bond acceptors (Lipinski definition) is 3. The van der Waals surface area contributed by atoms with Crippen LogP contribution in [-0.2, 0) is 20.8 Å². The first-order valence-corrected chi connectivity index (χ1v) is 12.2. The molecule has 0 bridgehead atoms. The van der Waals surface area contributed by atoms with Crippen molar-refractivity contribution in [2.24, 2.45) is 11.3 Å². The van der Waals surface area contributed by atoms with Gasteiger partial charge in [-0.1, -0.05) is 67.4 Å². The van der Waals surface area contributed by atoms with Gasteiger partial charge in [0.15, 0.2) is 0 Å². The van der Waals surface area contributed by atoms with Crippen molar-refractivity contribution in [2.75, 3.05) is 13.1 Å². The van der Waals surface area contributed by atoms with E-state index in [1.165, 1.54) is 0 Å². The molecule has 0 unspecified atom stereocenters. The van der Waals surface area contributed by atoms with Crippen molar-refractivity contribution in [2.45, 2.75) is 57.8 Å². The molecular formula is C28H33NO4. The zero-order valence-electron chi connectivity index (χ0n) is 19.2. The van der Waals surface area contributed by atoms with Crippen LogP contribution in [0.15, 0.2) is 54.6 Å². The Balaban J connectivity index is 1.53. The normalized spacial score (nSPS) is 18.2. The minimum absolute atomic E-state index is 0.0384. The quantitative estimate of drug-likeness (QED) is 0.578. The smallest absolute Gasteiger partial charge is 0.304 e. The second-order valence-electron chi connectivity index (χ2n) is 9.68. The summed E-state index contributed by atoms with van der Waals surface area (Å²) in [5.74, 6) is -1.37. The van der Waals surface area contributed by atoms with Gasteiger partial charge in [-0.25, -0.2) is 0 Å². The van der Waals surface area contributed by atoms with Gasteiger partial charge in [-0.05, 0) is 48.8 Å². The molecule has 5 heteroatoms. The fourth-order valence-electron chi connectivity index (χ4n) is 5.53. The molecule has 0 radical (unpaired) electrons. The molecule has 1 N–H and O–H groups in total. The van der Waals surface area contributed by atoms with Crippen LogP contribution in [0.4, 0.5) is 0 Å². The van der Waals surface area contributed by atoms with Crippen LogP contribution in [-0.4, -0.2) is 40.8 Å². The Bertz CT molecular complexity index is 971. The molecule has 2 aliphatic rings. The Morgan fingerprint density at radius 2 is 1.45 bits per heavy atom. The monoisotopic (exact) mass is 447 g/mol. The molecule has 0 spiro atoms. The van der Waals surface area contributed by atoms with Crippen molar-refractivity contribution in [3.8, 4) is 11.1 Å². The highest BCUT2D eigenvalue weighted by atomic mass is 16.4. The Morgan fingerprint density at radius 1 is 0.848 bits per heavy atom. The summed E-state index contributed by atoms with van der Waals surface area (Å²) in [6.07, 6.45) is 5.51. The Labute approximate surface area is 195 Å². The molecule has 1 amide bonds. The lowest BCUT2D eigenvalue weighted by molar-refractivity contribution is -0.146. The van der Waals surface area contributed by atoms with E-state index in [2.05, 4.69) is 24.3 Å². The average Bonchev–Trinajstić information content (AvgIpc) is 3.52. The summed E-state index contributed by atoms with van der Waals surface area (Å²) in [6, 6.07) is 18.3. The third-order valence-electron chi connectivity index (χ3n) is 7.38. The molecule has 4 rings (SSSR count). The molecule has 1 atom stereocenters. The zero-order valence-corrected chi connectivity index (χ0v) is 19.2. The molecule has 1 heterocycles. The lowest BCUT2D eigenvalue weighted by atomic mass is 9.74. The summed E-state index contributed by atoms with van der Waals surface area (Å²) in [5, 5.41) is 9.43. The Hall–Kier alpha value is -2.95. The molecule has 2 aromatic rings. The van der Waals surface area contributed by atoms with Crippen molar-refractivity contribution in [3.05, 3.63) is 60.2 Å². The maximum absolute atomic E-state index is 13.4. The van der Waals surface area contributed by atoms with E-state index >= 15 is 0 Å². The van der Waals surface area contributed by atoms with Crippen LogP contribution in [0, 0.1) is 11.3 Å². The first-order valence-electron chi connectivity index (χ1n) is 12.2. The molecule has 174 valence electrons. The van der Waals surface area contributed by atoms with Crippen molar-refractivity contribution in [1.82, 2.24) is 4.90 Å². The lowest BCUT2D eigenvalue weighted by Crippen LogP contribution is -2.39. The van der Waals surface area contributed by atoms with E-state index in [1.54, 1.807) is 0 Å². The van der Waals surface area contributed by atoms with Crippen LogP contribution in [0.5, 0.6) is 0 Å². The van der Waals surface area contributed by atoms with Crippen molar-refractivity contribution < 1.29 is 19.5 Å². The third-order valence-corrected chi connectivity index (χ3v) is 7.38. The van der Waals surface area contributed by atoms with E-state index in [-0.39, 0.29) is 24.5 Å². The lowest BCUT2D eigenvalue weighted by Gasteiger charge is -2.29. The van der Waals surface area contributed by atoms with Gasteiger partial charge in [0.2, 0.25) is 5.91 Å². The van der Waals surface area contributed by atoms with Gasteiger partial charge in [0, 0.05) is 30.8 Å². The Morgan fingerprint density at radius 3 is 2.06 bits per heavy atom. The van der Waals surface area contributed by atoms with Crippen LogP contribution < -0.4 is 0 Å². The fourth-order valence-corrected chi connectivity index (χ4v) is 5.53. The van der Waals surface area contributed by atoms with Crippen LogP contribution in [0.25, 0.3) is 11.1 Å². The van der Waals surface area contributed by atoms with Gasteiger partial charge in [0.1, 0.15) is 5.78 Å². The second-order valence-corrected chi connectivity index (χ2v) is 9.68. The van der Waals surface area contributed by atoms with E-state index in [4.69, 9.17) is 0 Å². The summed E-state index contributed by atoms with van der Waals surface area (Å²) in [7, 11) is 0. The van der Waals surface area contributed by atoms with Crippen molar-refractivity contribution in [1.29, 1.82) is 0 Å². The molecule has 1 saturated heterocycles. The van der Waals surface area contributed by atoms with Gasteiger partial charge in [-0.2, -0.15) is 0 Å². The number of aliphatic carboxylic acids is 1. The van der Waals surface area contributed by atoms with Crippen LogP contribution in [0.1, 0.15) is 56.9 Å². The average molecular weight is 448 g/mol. The molecular weight excluding hydrogens is 414 g/mol. The summed E-state index contributed by atoms with van der Waals surface area (Å²) in [5.41, 5.74) is 2.48. The standard InChI is InChI=1S/C28H33NO4/c30-25(28(20-26(31)32)14-4-5-15-28)19-24(27(33)29-16-6-7-17-29)18-21-10-12-23(13-11-21)22-8-2-1-3-9-22/h1-3,8-13,24H,4-7,14-20H2,(H,31,32)/t24-/m1/s1. The van der Waals surface area contributed by atoms with E-state index in [9.17, 15) is 19.5 Å². The van der Waals surface area contributed by atoms with Gasteiger partial charge in [-0.15, -0.1) is 0 Å². The second kappa shape index (κ2) is 10.3. The maximum atomic E-state index is 13.4. The highest BCUT2D eigenvalue weighted by molar-refractivity contribution is 5.92. The minimum atomic E-state index is -0.927. The van der Waals surface area contributed by atoms with E-state index in [0.29, 0.717) is 19.3 Å². The summed E-state index contributed by atoms with van der Waals surface area (Å²) in [4.78, 5) is 40.2. The van der Waals surface area contributed by atoms with Crippen LogP contribution in [0.3, 0.4) is 0 Å². The van der Waals surface area contributed by atoms with Crippen molar-refractivity contribution >= 4 is 17.7 Å². The minimum Gasteiger partial charge on any atom is -0.481 e. The summed E-state index contributed by atoms with van der Waals surface area (Å²) in [6.45, 7) is 1.49. The predicted molar refractivity (Wildman–Crippen MR) is 128 cm³/mol. The molecule has 0 aromatic heterocycles. The van der Waals surface area contributed by atoms with Gasteiger partial charge in [-0.3, -0.25) is 14.4 Å². The number of carboxylic acids is 1. The number of nitrogens with zero attached hydrogens (tertiary/aromatic N) is 1. The maximum Gasteiger partial charge on any atom is 0.304 e. The molecule has 2 aromatic carbocycles. The summed E-state index contributed by atoms with van der Waals surface area (Å²) >= 11 is 0. The molecule has 5 nitrogen and oxygen atoms in total. The molecule has 1 aliphatic heterocycles. The fraction of sp³-hybridized carbons (Fsp3) is 0.464. The molecule has 33 heavy (non-hydrogen) atoms. The van der Waals surface area contributed by atoms with E-state index in [0.717, 1.165) is 55.5 Å². The van der Waals surface area contributed by atoms with Gasteiger partial charge >= 0.3 is 5.97 Å². The third kappa shape index (κ3) is 5.52. The number of carbonyl (C=O) groups excluding carboxylic acids is 2. The molecule has 1 aliphatic carbocycles. The number of likely N-dealkylation sites (tertiary alicyclic amines) is 1. The summed E-state index contributed by atoms with van der Waals surface area (Å²) < 4.78 is 0. The number of benzene rings is 2. The van der Waals surface area contributed by atoms with Gasteiger partial charge < -0.3 is 10.0 Å². The SMILES string of the molecule is O=C(O)CC1(C(=O)C[C@@H](Cc2ccc(-c3ccccc3)cc2)C(=O)N2CCCC2)CCCC1. The number of carbonyl (C=O) groups is 3. The zero-order chi connectivity index (χ0) is 23.3. The van der Waals surface area contributed by atoms with Gasteiger partial charge in [0.05, 0.1) is 6.42 Å². The molecule has 2 fully saturated rings. The van der Waals surface area contributed by atoms with E-state index in [1.807, 2.05) is 35.2 Å². The Kier molecular flexibility index (Phi) is 7.26. The number of rotatable bonds is 9. The van der Waals surface area contributed by atoms with Gasteiger partial charge in [0.25, 0.3) is 0 Å². The largest absolute Gasteiger partial charge is 0.481 e. The highest BCUT2D eigenvalue weighted by Crippen LogP contribution is 2.43. The van der Waals surface area contributed by atoms with Crippen LogP contribution in [0.2, 0.25) is 0 Å². The predicted octanol–water partition coefficient (Wildman–Crippen LogP) is 5.13. The first kappa shape index (κ1) is 23.2. The highest BCUT2D eigenvalue weighted by Gasteiger charge is 2.44. The molecule has 1 saturated carbocycles. The number of carboxylic acid groups (broad SMARTS) is 1. The topological polar surface area (TPSA) is 74.7 Å². The van der Waals surface area contributed by atoms with Crippen molar-refractivity contribution in [3.63, 3.8) is 0 Å². The number of hydrogen-bond donors (Lipinski definition) is 1. The van der Waals surface area contributed by atoms with Crippen LogP contribution >= 0.6 is 0 Å². The number of amides is 1. The first-order chi connectivity index (χ1) is 16.0. The number of ketones is 1. The van der Waals surface area contributed by atoms with E-state index < -0.39 is 17.3 Å². The number of Topliss-reactive ketones (excluding diaryl/α,β-unsaturated/α-hetero) is 1.